The molecule has 0 nitrogen and oxygen atoms in total. The second-order valence-electron chi connectivity index (χ2n) is 4.80. The van der Waals surface area contributed by atoms with Crippen molar-refractivity contribution in [3.05, 3.63) is 109 Å². The van der Waals surface area contributed by atoms with Crippen molar-refractivity contribution < 1.29 is 0 Å². The molecule has 22 heavy (non-hydrogen) atoms. The van der Waals surface area contributed by atoms with Gasteiger partial charge in [-0.1, -0.05) is 110 Å². The molecule has 0 unspecified atom stereocenters. The molecule has 1 aliphatic rings. The van der Waals surface area contributed by atoms with E-state index in [9.17, 15) is 0 Å². The lowest BCUT2D eigenvalue weighted by molar-refractivity contribution is 1.50. The molecule has 0 aromatic heterocycles. The molecular weight excluding hydrogens is 264 g/mol. The maximum absolute atomic E-state index is 3.63. The second kappa shape index (κ2) is 11.1. The SMILES string of the molecule is C(=C1CC1)c1ccccc1.C=CC=C.C=Cc1ccccc1. The first-order valence-electron chi connectivity index (χ1n) is 7.45. The highest BCUT2D eigenvalue weighted by Gasteiger charge is 2.09. The Labute approximate surface area is 134 Å². The quantitative estimate of drug-likeness (QED) is 0.562. The molecule has 0 heterocycles. The first-order valence-corrected chi connectivity index (χ1v) is 7.45. The van der Waals surface area contributed by atoms with Gasteiger partial charge in [0.2, 0.25) is 0 Å². The van der Waals surface area contributed by atoms with Crippen molar-refractivity contribution in [3.8, 4) is 0 Å². The fraction of sp³-hybridized carbons (Fsp3) is 0.0909. The molecule has 0 heteroatoms. The molecule has 0 radical (unpaired) electrons. The average Bonchev–Trinajstić information content (AvgIpc) is 3.41. The van der Waals surface area contributed by atoms with Crippen molar-refractivity contribution in [1.29, 1.82) is 0 Å². The van der Waals surface area contributed by atoms with Gasteiger partial charge in [0.25, 0.3) is 0 Å². The van der Waals surface area contributed by atoms with Crippen molar-refractivity contribution in [2.24, 2.45) is 0 Å². The maximum Gasteiger partial charge on any atom is -0.0257 e. The van der Waals surface area contributed by atoms with Crippen LogP contribution in [0.4, 0.5) is 0 Å². The lowest BCUT2D eigenvalue weighted by Crippen LogP contribution is -1.66. The van der Waals surface area contributed by atoms with Crippen LogP contribution in [0.3, 0.4) is 0 Å². The Kier molecular flexibility index (Phi) is 8.81. The van der Waals surface area contributed by atoms with Crippen molar-refractivity contribution in [2.45, 2.75) is 12.8 Å². The van der Waals surface area contributed by atoms with E-state index in [-0.39, 0.29) is 0 Å². The monoisotopic (exact) mass is 288 g/mol. The molecule has 112 valence electrons. The molecule has 1 saturated carbocycles. The minimum atomic E-state index is 1.17. The Bertz CT molecular complexity index is 576. The molecule has 0 atom stereocenters. The van der Waals surface area contributed by atoms with Gasteiger partial charge in [0.15, 0.2) is 0 Å². The number of hydrogen-bond acceptors (Lipinski definition) is 0. The van der Waals surface area contributed by atoms with Gasteiger partial charge < -0.3 is 0 Å². The predicted octanol–water partition coefficient (Wildman–Crippen LogP) is 6.55. The zero-order valence-corrected chi connectivity index (χ0v) is 13.1. The van der Waals surface area contributed by atoms with Gasteiger partial charge in [0.1, 0.15) is 0 Å². The summed E-state index contributed by atoms with van der Waals surface area (Å²) >= 11 is 0. The summed E-state index contributed by atoms with van der Waals surface area (Å²) in [6.07, 6.45) is 10.0. The van der Waals surface area contributed by atoms with Crippen LogP contribution in [0.5, 0.6) is 0 Å². The van der Waals surface area contributed by atoms with E-state index < -0.39 is 0 Å². The number of allylic oxidation sites excluding steroid dienone is 3. The standard InChI is InChI=1S/C10H10.C8H8.C4H6/c1-2-4-9(5-3-1)8-10-6-7-10;1-2-8-6-4-3-5-7-8;1-3-4-2/h1-5,8H,6-7H2;2-7H,1H2;3-4H,1-2H2. The number of rotatable bonds is 3. The smallest absolute Gasteiger partial charge is 0.0257 e. The van der Waals surface area contributed by atoms with Crippen LogP contribution >= 0.6 is 0 Å². The van der Waals surface area contributed by atoms with Crippen LogP contribution in [0.15, 0.2) is 98.1 Å². The highest BCUT2D eigenvalue weighted by atomic mass is 14.1. The maximum atomic E-state index is 3.63. The van der Waals surface area contributed by atoms with E-state index in [1.54, 1.807) is 17.7 Å². The summed E-state index contributed by atoms with van der Waals surface area (Å²) in [5.41, 5.74) is 4.11. The van der Waals surface area contributed by atoms with E-state index in [0.717, 1.165) is 0 Å². The molecule has 3 rings (SSSR count). The molecular formula is C22H24. The molecule has 2 aromatic carbocycles. The van der Waals surface area contributed by atoms with Crippen LogP contribution in [0.25, 0.3) is 12.2 Å². The lowest BCUT2D eigenvalue weighted by Gasteiger charge is -1.87. The van der Waals surface area contributed by atoms with Crippen molar-refractivity contribution in [2.75, 3.05) is 0 Å². The first kappa shape index (κ1) is 17.5. The Hall–Kier alpha value is -2.60. The van der Waals surface area contributed by atoms with E-state index >= 15 is 0 Å². The van der Waals surface area contributed by atoms with Gasteiger partial charge in [0.05, 0.1) is 0 Å². The highest BCUT2D eigenvalue weighted by molar-refractivity contribution is 5.55. The van der Waals surface area contributed by atoms with Gasteiger partial charge in [-0.3, -0.25) is 0 Å². The largest absolute Gasteiger partial charge is 0.0991 e. The van der Waals surface area contributed by atoms with Gasteiger partial charge in [-0.25, -0.2) is 0 Å². The van der Waals surface area contributed by atoms with E-state index in [0.29, 0.717) is 0 Å². The minimum Gasteiger partial charge on any atom is -0.0991 e. The molecule has 0 bridgehead atoms. The lowest BCUT2D eigenvalue weighted by atomic mass is 10.2. The van der Waals surface area contributed by atoms with Gasteiger partial charge in [-0.2, -0.15) is 0 Å². The van der Waals surface area contributed by atoms with E-state index in [1.807, 2.05) is 36.4 Å². The molecule has 0 N–H and O–H groups in total. The third kappa shape index (κ3) is 8.55. The van der Waals surface area contributed by atoms with Crippen LogP contribution in [0, 0.1) is 0 Å². The minimum absolute atomic E-state index is 1.17. The van der Waals surface area contributed by atoms with Crippen molar-refractivity contribution >= 4 is 12.2 Å². The van der Waals surface area contributed by atoms with E-state index in [2.05, 4.69) is 56.1 Å². The van der Waals surface area contributed by atoms with Gasteiger partial charge in [-0.15, -0.1) is 0 Å². The molecule has 0 saturated heterocycles. The van der Waals surface area contributed by atoms with E-state index in [1.165, 1.54) is 24.0 Å². The molecule has 2 aromatic rings. The summed E-state index contributed by atoms with van der Waals surface area (Å²) in [6.45, 7) is 10.4. The van der Waals surface area contributed by atoms with Crippen molar-refractivity contribution in [3.63, 3.8) is 0 Å². The Morgan fingerprint density at radius 3 is 1.41 bits per heavy atom. The molecule has 1 fully saturated rings. The Morgan fingerprint density at radius 1 is 0.636 bits per heavy atom. The highest BCUT2D eigenvalue weighted by Crippen LogP contribution is 2.29. The van der Waals surface area contributed by atoms with Crippen LogP contribution in [-0.4, -0.2) is 0 Å². The van der Waals surface area contributed by atoms with Crippen LogP contribution in [0.1, 0.15) is 24.0 Å². The van der Waals surface area contributed by atoms with Crippen molar-refractivity contribution in [1.82, 2.24) is 0 Å². The zero-order chi connectivity index (χ0) is 16.0. The number of hydrogen-bond donors (Lipinski definition) is 0. The van der Waals surface area contributed by atoms with Gasteiger partial charge >= 0.3 is 0 Å². The third-order valence-corrected chi connectivity index (χ3v) is 2.91. The second-order valence-corrected chi connectivity index (χ2v) is 4.80. The summed E-state index contributed by atoms with van der Waals surface area (Å²) < 4.78 is 0. The van der Waals surface area contributed by atoms with E-state index in [4.69, 9.17) is 0 Å². The molecule has 0 amide bonds. The fourth-order valence-electron chi connectivity index (χ4n) is 1.59. The molecule has 0 spiro atoms. The third-order valence-electron chi connectivity index (χ3n) is 2.91. The van der Waals surface area contributed by atoms with Gasteiger partial charge in [-0.05, 0) is 24.0 Å². The fourth-order valence-corrected chi connectivity index (χ4v) is 1.59. The normalized spacial score (nSPS) is 10.8. The van der Waals surface area contributed by atoms with Crippen LogP contribution in [-0.2, 0) is 0 Å². The first-order chi connectivity index (χ1) is 10.8. The summed E-state index contributed by atoms with van der Waals surface area (Å²) in [5.74, 6) is 0. The Morgan fingerprint density at radius 2 is 1.09 bits per heavy atom. The predicted molar refractivity (Wildman–Crippen MR) is 101 cm³/mol. The summed E-state index contributed by atoms with van der Waals surface area (Å²) in [5, 5.41) is 0. The van der Waals surface area contributed by atoms with Crippen LogP contribution in [0.2, 0.25) is 0 Å². The van der Waals surface area contributed by atoms with Gasteiger partial charge in [0, 0.05) is 0 Å². The topological polar surface area (TPSA) is 0 Å². The van der Waals surface area contributed by atoms with Crippen LogP contribution < -0.4 is 0 Å². The number of benzene rings is 2. The average molecular weight is 288 g/mol. The molecule has 0 aliphatic heterocycles. The zero-order valence-electron chi connectivity index (χ0n) is 13.1. The Balaban J connectivity index is 0.000000182. The summed E-state index contributed by atoms with van der Waals surface area (Å²) in [7, 11) is 0. The molecule has 1 aliphatic carbocycles. The summed E-state index contributed by atoms with van der Waals surface area (Å²) in [4.78, 5) is 0. The summed E-state index contributed by atoms with van der Waals surface area (Å²) in [6, 6.07) is 20.5.